The highest BCUT2D eigenvalue weighted by molar-refractivity contribution is 5.85. The molecule has 0 saturated carbocycles. The van der Waals surface area contributed by atoms with E-state index in [2.05, 4.69) is 19.0 Å². The van der Waals surface area contributed by atoms with Gasteiger partial charge in [0.1, 0.15) is 5.84 Å². The molecule has 0 aliphatic carbocycles. The largest absolute Gasteiger partial charge is 0.409 e. The van der Waals surface area contributed by atoms with Gasteiger partial charge in [-0.25, -0.2) is 0 Å². The summed E-state index contributed by atoms with van der Waals surface area (Å²) in [7, 11) is 0. The molecule has 4 heteroatoms. The van der Waals surface area contributed by atoms with Crippen molar-refractivity contribution in [3.05, 3.63) is 0 Å². The average molecular weight is 202 g/mol. The molecule has 0 unspecified atom stereocenters. The first-order chi connectivity index (χ1) is 6.40. The molecule has 0 aliphatic rings. The van der Waals surface area contributed by atoms with Crippen LogP contribution in [0.25, 0.3) is 0 Å². The van der Waals surface area contributed by atoms with Gasteiger partial charge in [0.25, 0.3) is 0 Å². The lowest BCUT2D eigenvalue weighted by Gasteiger charge is -2.22. The Kier molecular flexibility index (Phi) is 5.53. The van der Waals surface area contributed by atoms with Crippen LogP contribution in [0.2, 0.25) is 0 Å². The van der Waals surface area contributed by atoms with Crippen LogP contribution < -0.4 is 5.73 Å². The van der Waals surface area contributed by atoms with Gasteiger partial charge in [0.2, 0.25) is 0 Å². The SMILES string of the molecule is CC(C)COCCC(C)(C)C(N)=NO. The van der Waals surface area contributed by atoms with Crippen molar-refractivity contribution in [2.75, 3.05) is 13.2 Å². The minimum absolute atomic E-state index is 0.255. The molecule has 0 aromatic rings. The Hall–Kier alpha value is -0.770. The number of nitrogens with two attached hydrogens (primary N) is 1. The van der Waals surface area contributed by atoms with Crippen LogP contribution in [0.3, 0.4) is 0 Å². The molecule has 0 aliphatic heterocycles. The molecule has 0 bridgehead atoms. The maximum absolute atomic E-state index is 8.54. The number of hydrogen-bond acceptors (Lipinski definition) is 3. The molecule has 3 N–H and O–H groups in total. The minimum Gasteiger partial charge on any atom is -0.409 e. The lowest BCUT2D eigenvalue weighted by Crippen LogP contribution is -2.33. The van der Waals surface area contributed by atoms with Crippen molar-refractivity contribution in [1.29, 1.82) is 0 Å². The van der Waals surface area contributed by atoms with Gasteiger partial charge in [0.05, 0.1) is 0 Å². The van der Waals surface area contributed by atoms with E-state index in [1.165, 1.54) is 0 Å². The van der Waals surface area contributed by atoms with Gasteiger partial charge in [0.15, 0.2) is 0 Å². The number of rotatable bonds is 6. The Bertz CT molecular complexity index is 189. The summed E-state index contributed by atoms with van der Waals surface area (Å²) in [6, 6.07) is 0. The highest BCUT2D eigenvalue weighted by atomic mass is 16.5. The second-order valence-electron chi connectivity index (χ2n) is 4.59. The van der Waals surface area contributed by atoms with E-state index in [-0.39, 0.29) is 11.3 Å². The van der Waals surface area contributed by atoms with E-state index in [0.717, 1.165) is 13.0 Å². The zero-order valence-electron chi connectivity index (χ0n) is 9.58. The maximum Gasteiger partial charge on any atom is 0.144 e. The van der Waals surface area contributed by atoms with Crippen molar-refractivity contribution in [3.8, 4) is 0 Å². The van der Waals surface area contributed by atoms with Gasteiger partial charge in [-0.3, -0.25) is 0 Å². The molecule has 0 atom stereocenters. The fourth-order valence-electron chi connectivity index (χ4n) is 0.910. The number of ether oxygens (including phenoxy) is 1. The Morgan fingerprint density at radius 2 is 2.07 bits per heavy atom. The Labute approximate surface area is 86.1 Å². The summed E-state index contributed by atoms with van der Waals surface area (Å²) < 4.78 is 5.43. The highest BCUT2D eigenvalue weighted by Gasteiger charge is 2.23. The summed E-state index contributed by atoms with van der Waals surface area (Å²) >= 11 is 0. The van der Waals surface area contributed by atoms with Crippen molar-refractivity contribution >= 4 is 5.84 Å². The molecule has 14 heavy (non-hydrogen) atoms. The molecule has 0 amide bonds. The molecule has 84 valence electrons. The molecule has 0 fully saturated rings. The molecule has 0 spiro atoms. The van der Waals surface area contributed by atoms with Crippen LogP contribution in [0.1, 0.15) is 34.1 Å². The van der Waals surface area contributed by atoms with E-state index in [1.54, 1.807) is 0 Å². The van der Waals surface area contributed by atoms with Gasteiger partial charge in [-0.05, 0) is 12.3 Å². The molecule has 4 nitrogen and oxygen atoms in total. The number of nitrogens with zero attached hydrogens (tertiary/aromatic N) is 1. The molecule has 0 aromatic heterocycles. The van der Waals surface area contributed by atoms with Crippen LogP contribution in [0.5, 0.6) is 0 Å². The number of amidine groups is 1. The summed E-state index contributed by atoms with van der Waals surface area (Å²) in [5.41, 5.74) is 5.24. The average Bonchev–Trinajstić information content (AvgIpc) is 2.10. The third-order valence-electron chi connectivity index (χ3n) is 2.12. The quantitative estimate of drug-likeness (QED) is 0.227. The van der Waals surface area contributed by atoms with E-state index >= 15 is 0 Å². The summed E-state index contributed by atoms with van der Waals surface area (Å²) in [4.78, 5) is 0. The number of oxime groups is 1. The molecule has 0 radical (unpaired) electrons. The monoisotopic (exact) mass is 202 g/mol. The Morgan fingerprint density at radius 3 is 2.50 bits per heavy atom. The smallest absolute Gasteiger partial charge is 0.144 e. The predicted molar refractivity (Wildman–Crippen MR) is 57.5 cm³/mol. The first-order valence-corrected chi connectivity index (χ1v) is 4.96. The van der Waals surface area contributed by atoms with E-state index in [1.807, 2.05) is 13.8 Å². The molecule has 0 aromatic carbocycles. The van der Waals surface area contributed by atoms with E-state index in [4.69, 9.17) is 15.7 Å². The maximum atomic E-state index is 8.54. The van der Waals surface area contributed by atoms with Gasteiger partial charge in [-0.15, -0.1) is 0 Å². The van der Waals surface area contributed by atoms with Gasteiger partial charge in [-0.2, -0.15) is 0 Å². The van der Waals surface area contributed by atoms with Crippen LogP contribution in [-0.2, 0) is 4.74 Å². The van der Waals surface area contributed by atoms with Crippen molar-refractivity contribution in [3.63, 3.8) is 0 Å². The van der Waals surface area contributed by atoms with Crippen molar-refractivity contribution in [2.24, 2.45) is 22.2 Å². The lowest BCUT2D eigenvalue weighted by atomic mass is 9.88. The normalized spacial score (nSPS) is 13.6. The number of hydrogen-bond donors (Lipinski definition) is 2. The topological polar surface area (TPSA) is 67.8 Å². The van der Waals surface area contributed by atoms with Crippen molar-refractivity contribution in [1.82, 2.24) is 0 Å². The molecular weight excluding hydrogens is 180 g/mol. The van der Waals surface area contributed by atoms with E-state index in [9.17, 15) is 0 Å². The molecule has 0 rings (SSSR count). The van der Waals surface area contributed by atoms with Gasteiger partial charge < -0.3 is 15.7 Å². The van der Waals surface area contributed by atoms with Gasteiger partial charge >= 0.3 is 0 Å². The molecule has 0 heterocycles. The second kappa shape index (κ2) is 5.86. The summed E-state index contributed by atoms with van der Waals surface area (Å²) in [5.74, 6) is 0.799. The van der Waals surface area contributed by atoms with Gasteiger partial charge in [-0.1, -0.05) is 32.9 Å². The summed E-state index contributed by atoms with van der Waals surface area (Å²) in [6.45, 7) is 9.47. The zero-order chi connectivity index (χ0) is 11.2. The lowest BCUT2D eigenvalue weighted by molar-refractivity contribution is 0.0945. The summed E-state index contributed by atoms with van der Waals surface area (Å²) in [5, 5.41) is 11.6. The minimum atomic E-state index is -0.300. The van der Waals surface area contributed by atoms with Crippen LogP contribution >= 0.6 is 0 Å². The Morgan fingerprint density at radius 1 is 1.50 bits per heavy atom. The Balaban J connectivity index is 3.77. The highest BCUT2D eigenvalue weighted by Crippen LogP contribution is 2.20. The van der Waals surface area contributed by atoms with Crippen molar-refractivity contribution in [2.45, 2.75) is 34.1 Å². The van der Waals surface area contributed by atoms with E-state index in [0.29, 0.717) is 12.5 Å². The van der Waals surface area contributed by atoms with Crippen LogP contribution in [-0.4, -0.2) is 24.3 Å². The van der Waals surface area contributed by atoms with Crippen LogP contribution in [0.15, 0.2) is 5.16 Å². The fourth-order valence-corrected chi connectivity index (χ4v) is 0.910. The van der Waals surface area contributed by atoms with Gasteiger partial charge in [0, 0.05) is 18.6 Å². The van der Waals surface area contributed by atoms with Crippen molar-refractivity contribution < 1.29 is 9.94 Å². The summed E-state index contributed by atoms with van der Waals surface area (Å²) in [6.07, 6.45) is 0.760. The van der Waals surface area contributed by atoms with Crippen LogP contribution in [0, 0.1) is 11.3 Å². The third-order valence-corrected chi connectivity index (χ3v) is 2.12. The van der Waals surface area contributed by atoms with Crippen LogP contribution in [0.4, 0.5) is 0 Å². The third kappa shape index (κ3) is 5.07. The standard InChI is InChI=1S/C10H22N2O2/c1-8(2)7-14-6-5-10(3,4)9(11)12-13/h8,13H,5-7H2,1-4H3,(H2,11,12). The molecular formula is C10H22N2O2. The first-order valence-electron chi connectivity index (χ1n) is 4.96. The van der Waals surface area contributed by atoms with E-state index < -0.39 is 0 Å². The molecule has 0 saturated heterocycles. The zero-order valence-corrected chi connectivity index (χ0v) is 9.58. The first kappa shape index (κ1) is 13.2. The predicted octanol–water partition coefficient (Wildman–Crippen LogP) is 1.82. The fraction of sp³-hybridized carbons (Fsp3) is 0.900. The second-order valence-corrected chi connectivity index (χ2v) is 4.59.